The van der Waals surface area contributed by atoms with Crippen LogP contribution in [0.5, 0.6) is 0 Å². The summed E-state index contributed by atoms with van der Waals surface area (Å²) in [6.07, 6.45) is 6.71. The molecule has 0 saturated carbocycles. The predicted molar refractivity (Wildman–Crippen MR) is 220 cm³/mol. The van der Waals surface area contributed by atoms with Gasteiger partial charge in [0.1, 0.15) is 11.2 Å². The highest BCUT2D eigenvalue weighted by Crippen LogP contribution is 2.40. The van der Waals surface area contributed by atoms with E-state index in [2.05, 4.69) is 181 Å². The standard InChI is InChI=1S/C50H35NO/c1-2-9-34(10-3-1)35-19-26-41(27-20-35)51(43-30-23-38(24-31-43)45-15-8-12-37-11-4-5-13-44(37)45)42-28-21-36(22-29-42)40-18-17-39-25-32-49-50(47(39)33-40)46-14-6-7-16-48(46)52-49/h1-4,6-12,14-33H,5,13H2. The summed E-state index contributed by atoms with van der Waals surface area (Å²) < 4.78 is 6.21. The molecule has 1 aromatic heterocycles. The Morgan fingerprint density at radius 2 is 1.06 bits per heavy atom. The van der Waals surface area contributed by atoms with Crippen LogP contribution in [-0.2, 0) is 6.42 Å². The molecule has 8 aromatic carbocycles. The van der Waals surface area contributed by atoms with Crippen LogP contribution in [0.25, 0.3) is 72.2 Å². The van der Waals surface area contributed by atoms with Gasteiger partial charge in [0, 0.05) is 27.8 Å². The van der Waals surface area contributed by atoms with E-state index in [1.165, 1.54) is 60.7 Å². The fourth-order valence-electron chi connectivity index (χ4n) is 7.94. The summed E-state index contributed by atoms with van der Waals surface area (Å²) in [6, 6.07) is 63.5. The van der Waals surface area contributed by atoms with Crippen LogP contribution in [0.2, 0.25) is 0 Å². The van der Waals surface area contributed by atoms with Crippen molar-refractivity contribution in [1.29, 1.82) is 0 Å². The highest BCUT2D eigenvalue weighted by atomic mass is 16.3. The van der Waals surface area contributed by atoms with E-state index in [0.717, 1.165) is 46.5 Å². The Balaban J connectivity index is 1.04. The van der Waals surface area contributed by atoms with Gasteiger partial charge in [-0.25, -0.2) is 0 Å². The largest absolute Gasteiger partial charge is 0.456 e. The summed E-state index contributed by atoms with van der Waals surface area (Å²) in [5.41, 5.74) is 15.3. The molecule has 0 spiro atoms. The average Bonchev–Trinajstić information content (AvgIpc) is 3.61. The second-order valence-corrected chi connectivity index (χ2v) is 13.6. The number of fused-ring (bicyclic) bond motifs is 6. The van der Waals surface area contributed by atoms with Crippen molar-refractivity contribution in [2.24, 2.45) is 0 Å². The van der Waals surface area contributed by atoms with Crippen LogP contribution in [0.3, 0.4) is 0 Å². The van der Waals surface area contributed by atoms with Gasteiger partial charge in [-0.15, -0.1) is 0 Å². The normalized spacial score (nSPS) is 12.4. The SMILES string of the molecule is C1=Cc2cccc(-c3ccc(N(c4ccc(-c5ccccc5)cc4)c4ccc(-c5ccc6ccc7oc8ccccc8c7c6c5)cc4)cc3)c2CC1. The fourth-order valence-corrected chi connectivity index (χ4v) is 7.94. The molecular weight excluding hydrogens is 631 g/mol. The van der Waals surface area contributed by atoms with Crippen LogP contribution < -0.4 is 4.90 Å². The Hall–Kier alpha value is -6.64. The summed E-state index contributed by atoms with van der Waals surface area (Å²) in [4.78, 5) is 2.35. The van der Waals surface area contributed by atoms with Crippen LogP contribution in [0.15, 0.2) is 186 Å². The lowest BCUT2D eigenvalue weighted by Crippen LogP contribution is -2.09. The fraction of sp³-hybridized carbons (Fsp3) is 0.0400. The molecule has 0 saturated heterocycles. The van der Waals surface area contributed by atoms with Crippen molar-refractivity contribution < 1.29 is 4.42 Å². The minimum absolute atomic E-state index is 0.921. The third-order valence-electron chi connectivity index (χ3n) is 10.6. The number of furan rings is 1. The molecule has 2 nitrogen and oxygen atoms in total. The van der Waals surface area contributed by atoms with Gasteiger partial charge in [-0.1, -0.05) is 133 Å². The number of allylic oxidation sites excluding steroid dienone is 1. The first-order chi connectivity index (χ1) is 25.8. The summed E-state index contributed by atoms with van der Waals surface area (Å²) >= 11 is 0. The first-order valence-electron chi connectivity index (χ1n) is 18.1. The van der Waals surface area contributed by atoms with Crippen molar-refractivity contribution in [2.45, 2.75) is 12.8 Å². The molecule has 1 aliphatic rings. The van der Waals surface area contributed by atoms with Crippen molar-refractivity contribution in [3.05, 3.63) is 193 Å². The highest BCUT2D eigenvalue weighted by molar-refractivity contribution is 6.19. The summed E-state index contributed by atoms with van der Waals surface area (Å²) in [5, 5.41) is 4.74. The quantitative estimate of drug-likeness (QED) is 0.176. The lowest BCUT2D eigenvalue weighted by atomic mass is 9.89. The van der Waals surface area contributed by atoms with Gasteiger partial charge in [0.05, 0.1) is 0 Å². The van der Waals surface area contributed by atoms with Gasteiger partial charge in [0.25, 0.3) is 0 Å². The third-order valence-corrected chi connectivity index (χ3v) is 10.6. The van der Waals surface area contributed by atoms with Gasteiger partial charge in [0.2, 0.25) is 0 Å². The molecule has 0 unspecified atom stereocenters. The van der Waals surface area contributed by atoms with Crippen molar-refractivity contribution in [3.63, 3.8) is 0 Å². The van der Waals surface area contributed by atoms with E-state index in [1.807, 2.05) is 12.1 Å². The molecule has 0 aliphatic heterocycles. The summed E-state index contributed by atoms with van der Waals surface area (Å²) in [7, 11) is 0. The van der Waals surface area contributed by atoms with Crippen molar-refractivity contribution >= 4 is 55.8 Å². The first kappa shape index (κ1) is 30.2. The van der Waals surface area contributed by atoms with Crippen molar-refractivity contribution in [1.82, 2.24) is 0 Å². The smallest absolute Gasteiger partial charge is 0.136 e. The zero-order valence-electron chi connectivity index (χ0n) is 28.7. The van der Waals surface area contributed by atoms with Crippen LogP contribution in [0.1, 0.15) is 17.5 Å². The second-order valence-electron chi connectivity index (χ2n) is 13.6. The maximum absolute atomic E-state index is 6.21. The molecule has 0 fully saturated rings. The van der Waals surface area contributed by atoms with Gasteiger partial charge in [-0.3, -0.25) is 0 Å². The van der Waals surface area contributed by atoms with Gasteiger partial charge < -0.3 is 9.32 Å². The van der Waals surface area contributed by atoms with Gasteiger partial charge in [-0.05, 0) is 123 Å². The Morgan fingerprint density at radius 3 is 1.81 bits per heavy atom. The number of hydrogen-bond donors (Lipinski definition) is 0. The summed E-state index contributed by atoms with van der Waals surface area (Å²) in [6.45, 7) is 0. The molecule has 1 aliphatic carbocycles. The average molecular weight is 666 g/mol. The molecule has 9 aromatic rings. The summed E-state index contributed by atoms with van der Waals surface area (Å²) in [5.74, 6) is 0. The maximum atomic E-state index is 6.21. The molecule has 2 heteroatoms. The molecule has 0 radical (unpaired) electrons. The number of benzene rings is 8. The van der Waals surface area contributed by atoms with Crippen molar-refractivity contribution in [3.8, 4) is 33.4 Å². The number of para-hydroxylation sites is 1. The Bertz CT molecular complexity index is 2750. The maximum Gasteiger partial charge on any atom is 0.136 e. The van der Waals surface area contributed by atoms with Gasteiger partial charge >= 0.3 is 0 Å². The Morgan fingerprint density at radius 1 is 0.442 bits per heavy atom. The van der Waals surface area contributed by atoms with E-state index in [1.54, 1.807) is 0 Å². The Labute approximate surface area is 303 Å². The lowest BCUT2D eigenvalue weighted by Gasteiger charge is -2.26. The second kappa shape index (κ2) is 12.6. The van der Waals surface area contributed by atoms with E-state index in [9.17, 15) is 0 Å². The number of anilines is 3. The van der Waals surface area contributed by atoms with Gasteiger partial charge in [0.15, 0.2) is 0 Å². The topological polar surface area (TPSA) is 16.4 Å². The molecule has 0 atom stereocenters. The minimum atomic E-state index is 0.921. The monoisotopic (exact) mass is 665 g/mol. The molecular formula is C50H35NO. The molecule has 52 heavy (non-hydrogen) atoms. The number of nitrogens with zero attached hydrogens (tertiary/aromatic N) is 1. The molecule has 0 N–H and O–H groups in total. The molecule has 1 heterocycles. The van der Waals surface area contributed by atoms with Crippen LogP contribution in [-0.4, -0.2) is 0 Å². The molecule has 10 rings (SSSR count). The van der Waals surface area contributed by atoms with E-state index >= 15 is 0 Å². The van der Waals surface area contributed by atoms with Crippen LogP contribution in [0, 0.1) is 0 Å². The Kier molecular flexibility index (Phi) is 7.32. The van der Waals surface area contributed by atoms with Crippen LogP contribution in [0.4, 0.5) is 17.1 Å². The van der Waals surface area contributed by atoms with E-state index < -0.39 is 0 Å². The van der Waals surface area contributed by atoms with E-state index in [-0.39, 0.29) is 0 Å². The molecule has 0 amide bonds. The predicted octanol–water partition coefficient (Wildman–Crippen LogP) is 14.2. The molecule has 0 bridgehead atoms. The van der Waals surface area contributed by atoms with Crippen LogP contribution >= 0.6 is 0 Å². The zero-order chi connectivity index (χ0) is 34.4. The van der Waals surface area contributed by atoms with E-state index in [4.69, 9.17) is 4.42 Å². The first-order valence-corrected chi connectivity index (χ1v) is 18.1. The van der Waals surface area contributed by atoms with Gasteiger partial charge in [-0.2, -0.15) is 0 Å². The lowest BCUT2D eigenvalue weighted by molar-refractivity contribution is 0.669. The molecule has 246 valence electrons. The van der Waals surface area contributed by atoms with E-state index in [0.29, 0.717) is 0 Å². The third kappa shape index (κ3) is 5.28. The number of rotatable bonds is 6. The minimum Gasteiger partial charge on any atom is -0.456 e. The zero-order valence-corrected chi connectivity index (χ0v) is 28.7. The van der Waals surface area contributed by atoms with Crippen molar-refractivity contribution in [2.75, 3.05) is 4.90 Å². The number of hydrogen-bond acceptors (Lipinski definition) is 2. The highest BCUT2D eigenvalue weighted by Gasteiger charge is 2.16.